The highest BCUT2D eigenvalue weighted by Crippen LogP contribution is 2.59. The van der Waals surface area contributed by atoms with Gasteiger partial charge in [-0.25, -0.2) is 10.2 Å². The van der Waals surface area contributed by atoms with Crippen LogP contribution in [0.4, 0.5) is 4.79 Å². The zero-order valence-electron chi connectivity index (χ0n) is 12.3. The molecule has 2 saturated carbocycles. The van der Waals surface area contributed by atoms with Gasteiger partial charge in [0.25, 0.3) is 5.91 Å². The maximum Gasteiger partial charge on any atom is 0.418 e. The van der Waals surface area contributed by atoms with Gasteiger partial charge in [-0.15, -0.1) is 4.28 Å². The summed E-state index contributed by atoms with van der Waals surface area (Å²) in [4.78, 5) is 26.1. The highest BCUT2D eigenvalue weighted by Gasteiger charge is 2.65. The Kier molecular flexibility index (Phi) is 3.15. The van der Waals surface area contributed by atoms with Gasteiger partial charge in [0.2, 0.25) is 0 Å². The molecular formula is C12H18N4O6S. The Hall–Kier alpha value is -1.43. The second-order valence-corrected chi connectivity index (χ2v) is 7.77. The summed E-state index contributed by atoms with van der Waals surface area (Å²) in [6, 6.07) is -1.54. The van der Waals surface area contributed by atoms with Gasteiger partial charge in [-0.3, -0.25) is 14.8 Å². The number of hydrogen-bond acceptors (Lipinski definition) is 6. The van der Waals surface area contributed by atoms with E-state index in [4.69, 9.17) is 4.55 Å². The Balaban J connectivity index is 1.53. The highest BCUT2D eigenvalue weighted by molar-refractivity contribution is 7.80. The number of hydrazine groups is 1. The second kappa shape index (κ2) is 4.79. The first kappa shape index (κ1) is 15.1. The maximum atomic E-state index is 12.4. The van der Waals surface area contributed by atoms with Crippen molar-refractivity contribution >= 4 is 22.3 Å². The van der Waals surface area contributed by atoms with Crippen LogP contribution in [0.1, 0.15) is 32.1 Å². The molecule has 4 rings (SSSR count). The van der Waals surface area contributed by atoms with Crippen molar-refractivity contribution in [2.45, 2.75) is 50.2 Å². The van der Waals surface area contributed by atoms with Crippen LogP contribution in [0.5, 0.6) is 0 Å². The molecule has 11 heteroatoms. The molecule has 23 heavy (non-hydrogen) atoms. The summed E-state index contributed by atoms with van der Waals surface area (Å²) >= 11 is 0. The molecule has 2 heterocycles. The zero-order chi connectivity index (χ0) is 16.4. The van der Waals surface area contributed by atoms with Crippen LogP contribution in [0, 0.1) is 5.41 Å². The molecule has 2 bridgehead atoms. The van der Waals surface area contributed by atoms with Gasteiger partial charge in [-0.05, 0) is 37.5 Å². The van der Waals surface area contributed by atoms with Crippen molar-refractivity contribution < 1.29 is 26.8 Å². The van der Waals surface area contributed by atoms with E-state index in [1.165, 1.54) is 4.90 Å². The minimum atomic E-state index is -4.79. The largest absolute Gasteiger partial charge is 0.418 e. The first-order valence-electron chi connectivity index (χ1n) is 7.61. The number of amides is 3. The van der Waals surface area contributed by atoms with Crippen molar-refractivity contribution in [3.63, 3.8) is 0 Å². The molecule has 4 fully saturated rings. The summed E-state index contributed by atoms with van der Waals surface area (Å²) in [5, 5.41) is 0.712. The van der Waals surface area contributed by atoms with E-state index in [1.807, 2.05) is 0 Å². The van der Waals surface area contributed by atoms with Crippen molar-refractivity contribution in [3.8, 4) is 0 Å². The van der Waals surface area contributed by atoms with Gasteiger partial charge in [-0.1, -0.05) is 0 Å². The normalized spacial score (nSPS) is 31.6. The number of piperidine rings is 1. The van der Waals surface area contributed by atoms with Gasteiger partial charge >= 0.3 is 16.4 Å². The van der Waals surface area contributed by atoms with Gasteiger partial charge in [-0.2, -0.15) is 13.5 Å². The summed E-state index contributed by atoms with van der Waals surface area (Å²) in [6.45, 7) is 0.218. The number of carbonyl (C=O) groups is 2. The molecule has 1 spiro atoms. The fourth-order valence-electron chi connectivity index (χ4n) is 3.53. The van der Waals surface area contributed by atoms with Crippen LogP contribution in [0.15, 0.2) is 0 Å². The molecule has 2 saturated heterocycles. The predicted octanol–water partition coefficient (Wildman–Crippen LogP) is -0.837. The minimum absolute atomic E-state index is 0.218. The molecule has 0 aromatic carbocycles. The minimum Gasteiger partial charge on any atom is -0.309 e. The van der Waals surface area contributed by atoms with Gasteiger partial charge in [0.05, 0.1) is 6.04 Å². The molecule has 128 valence electrons. The second-order valence-electron chi connectivity index (χ2n) is 6.77. The van der Waals surface area contributed by atoms with Crippen LogP contribution in [0.2, 0.25) is 0 Å². The summed E-state index contributed by atoms with van der Waals surface area (Å²) in [6.07, 6.45) is 4.08. The topological polar surface area (TPSA) is 128 Å². The summed E-state index contributed by atoms with van der Waals surface area (Å²) < 4.78 is 35.3. The molecule has 2 unspecified atom stereocenters. The quantitative estimate of drug-likeness (QED) is 0.437. The molecule has 0 aromatic heterocycles. The lowest BCUT2D eigenvalue weighted by atomic mass is 9.85. The van der Waals surface area contributed by atoms with Gasteiger partial charge in [0.15, 0.2) is 0 Å². The van der Waals surface area contributed by atoms with Crippen LogP contribution in [0.3, 0.4) is 0 Å². The molecule has 3 amide bonds. The third kappa shape index (κ3) is 2.67. The Morgan fingerprint density at radius 2 is 2.04 bits per heavy atom. The summed E-state index contributed by atoms with van der Waals surface area (Å²) in [5.74, 6) is -0.302. The standard InChI is InChI=1S/C12H18N4O6S/c17-10(14-13-7-1-2-7)8-5-12(3-4-12)9-6-15(8)11(18)16(9)22-23(19,20)21/h7-9,13H,1-6H2,(H,14,17)(H,19,20,21). The van der Waals surface area contributed by atoms with E-state index in [1.54, 1.807) is 0 Å². The maximum absolute atomic E-state index is 12.4. The summed E-state index contributed by atoms with van der Waals surface area (Å²) in [5.41, 5.74) is 5.23. The molecule has 0 aromatic rings. The number of hydrogen-bond donors (Lipinski definition) is 3. The lowest BCUT2D eigenvalue weighted by Crippen LogP contribution is -2.55. The average Bonchev–Trinajstić information content (AvgIpc) is 3.37. The molecular weight excluding hydrogens is 328 g/mol. The number of carbonyl (C=O) groups excluding carboxylic acids is 2. The van der Waals surface area contributed by atoms with Crippen LogP contribution in [-0.2, 0) is 19.5 Å². The fraction of sp³-hybridized carbons (Fsp3) is 0.833. The molecule has 0 radical (unpaired) electrons. The van der Waals surface area contributed by atoms with E-state index in [0.717, 1.165) is 25.7 Å². The number of rotatable bonds is 5. The first-order valence-corrected chi connectivity index (χ1v) is 8.98. The smallest absolute Gasteiger partial charge is 0.309 e. The Morgan fingerprint density at radius 1 is 1.35 bits per heavy atom. The highest BCUT2D eigenvalue weighted by atomic mass is 32.3. The molecule has 2 atom stereocenters. The van der Waals surface area contributed by atoms with Crippen molar-refractivity contribution in [2.75, 3.05) is 6.54 Å². The van der Waals surface area contributed by atoms with Crippen LogP contribution in [0.25, 0.3) is 0 Å². The zero-order valence-corrected chi connectivity index (χ0v) is 13.1. The lowest BCUT2D eigenvalue weighted by Gasteiger charge is -2.35. The fourth-order valence-corrected chi connectivity index (χ4v) is 3.90. The molecule has 2 aliphatic heterocycles. The molecule has 4 aliphatic rings. The van der Waals surface area contributed by atoms with Crippen molar-refractivity contribution in [1.82, 2.24) is 20.8 Å². The van der Waals surface area contributed by atoms with Crippen LogP contribution >= 0.6 is 0 Å². The summed E-state index contributed by atoms with van der Waals surface area (Å²) in [7, 11) is -4.79. The third-order valence-electron chi connectivity index (χ3n) is 5.12. The van der Waals surface area contributed by atoms with Gasteiger partial charge < -0.3 is 4.90 Å². The molecule has 2 aliphatic carbocycles. The van der Waals surface area contributed by atoms with E-state index < -0.39 is 28.5 Å². The first-order chi connectivity index (χ1) is 10.8. The van der Waals surface area contributed by atoms with Crippen molar-refractivity contribution in [3.05, 3.63) is 0 Å². The number of hydroxylamine groups is 2. The van der Waals surface area contributed by atoms with Crippen LogP contribution < -0.4 is 10.9 Å². The number of nitrogens with one attached hydrogen (secondary N) is 2. The van der Waals surface area contributed by atoms with E-state index in [-0.39, 0.29) is 17.9 Å². The monoisotopic (exact) mass is 346 g/mol. The Morgan fingerprint density at radius 3 is 2.61 bits per heavy atom. The Labute approximate surface area is 133 Å². The predicted molar refractivity (Wildman–Crippen MR) is 74.7 cm³/mol. The number of nitrogens with zero attached hydrogens (tertiary/aromatic N) is 2. The van der Waals surface area contributed by atoms with Crippen molar-refractivity contribution in [2.24, 2.45) is 5.41 Å². The SMILES string of the molecule is O=C(NNC1CC1)C1CC2(CC2)C2CN1C(=O)N2OS(=O)(=O)O. The van der Waals surface area contributed by atoms with Gasteiger partial charge in [0.1, 0.15) is 6.04 Å². The van der Waals surface area contributed by atoms with E-state index >= 15 is 0 Å². The Bertz CT molecular complexity index is 658. The lowest BCUT2D eigenvalue weighted by molar-refractivity contribution is -0.128. The van der Waals surface area contributed by atoms with E-state index in [9.17, 15) is 18.0 Å². The van der Waals surface area contributed by atoms with E-state index in [0.29, 0.717) is 17.5 Å². The average molecular weight is 346 g/mol. The van der Waals surface area contributed by atoms with Crippen molar-refractivity contribution in [1.29, 1.82) is 0 Å². The van der Waals surface area contributed by atoms with Gasteiger partial charge in [0, 0.05) is 12.6 Å². The molecule has 3 N–H and O–H groups in total. The van der Waals surface area contributed by atoms with Crippen LogP contribution in [-0.4, -0.2) is 59.5 Å². The molecule has 10 nitrogen and oxygen atoms in total. The number of fused-ring (bicyclic) bond motifs is 3. The van der Waals surface area contributed by atoms with E-state index in [2.05, 4.69) is 15.1 Å². The third-order valence-corrected chi connectivity index (χ3v) is 5.47. The number of urea groups is 1.